The molecule has 0 radical (unpaired) electrons. The average Bonchev–Trinajstić information content (AvgIpc) is 3.35. The van der Waals surface area contributed by atoms with Crippen LogP contribution in [-0.2, 0) is 14.3 Å². The average molecular weight is 969 g/mol. The molecule has 0 aromatic carbocycles. The van der Waals surface area contributed by atoms with Gasteiger partial charge in [0, 0.05) is 12.8 Å². The molecule has 0 rings (SSSR count). The molecule has 69 heavy (non-hydrogen) atoms. The Kier molecular flexibility index (Phi) is 56.5. The van der Waals surface area contributed by atoms with E-state index in [0.29, 0.717) is 19.4 Å². The minimum atomic E-state index is -0.849. The molecule has 3 N–H and O–H groups in total. The number of carbonyl (C=O) groups excluding carboxylic acids is 2. The Labute approximate surface area is 429 Å². The van der Waals surface area contributed by atoms with E-state index >= 15 is 0 Å². The van der Waals surface area contributed by atoms with E-state index in [9.17, 15) is 19.8 Å². The van der Waals surface area contributed by atoms with Gasteiger partial charge in [-0.05, 0) is 77.0 Å². The fourth-order valence-corrected chi connectivity index (χ4v) is 9.17. The number of amides is 1. The highest BCUT2D eigenvalue weighted by atomic mass is 16.5. The zero-order valence-electron chi connectivity index (χ0n) is 46.0. The zero-order chi connectivity index (χ0) is 50.0. The van der Waals surface area contributed by atoms with Crippen LogP contribution in [0.3, 0.4) is 0 Å². The Balaban J connectivity index is 3.50. The number of hydrogen-bond donors (Lipinski definition) is 3. The highest BCUT2D eigenvalue weighted by molar-refractivity contribution is 5.76. The van der Waals surface area contributed by atoms with Crippen molar-refractivity contribution in [3.8, 4) is 0 Å². The van der Waals surface area contributed by atoms with Crippen LogP contribution in [0, 0.1) is 0 Å². The molecular formula is C63H117NO5. The number of carbonyl (C=O) groups is 2. The van der Waals surface area contributed by atoms with Crippen molar-refractivity contribution in [1.29, 1.82) is 0 Å². The molecule has 0 saturated heterocycles. The molecule has 0 saturated carbocycles. The van der Waals surface area contributed by atoms with Crippen molar-refractivity contribution in [2.24, 2.45) is 0 Å². The van der Waals surface area contributed by atoms with Crippen LogP contribution in [-0.4, -0.2) is 47.4 Å². The van der Waals surface area contributed by atoms with Crippen LogP contribution >= 0.6 is 0 Å². The van der Waals surface area contributed by atoms with Crippen molar-refractivity contribution < 1.29 is 24.5 Å². The van der Waals surface area contributed by atoms with Crippen LogP contribution in [0.2, 0.25) is 0 Å². The summed E-state index contributed by atoms with van der Waals surface area (Å²) < 4.78 is 5.40. The molecule has 6 nitrogen and oxygen atoms in total. The van der Waals surface area contributed by atoms with E-state index in [2.05, 4.69) is 55.6 Å². The van der Waals surface area contributed by atoms with Crippen LogP contribution in [0.5, 0.6) is 0 Å². The zero-order valence-corrected chi connectivity index (χ0v) is 46.0. The third kappa shape index (κ3) is 55.0. The minimum Gasteiger partial charge on any atom is -0.465 e. The third-order valence-electron chi connectivity index (χ3n) is 13.8. The summed E-state index contributed by atoms with van der Waals surface area (Å²) in [5.41, 5.74) is 0. The lowest BCUT2D eigenvalue weighted by atomic mass is 10.0. The maximum atomic E-state index is 12.5. The second-order valence-corrected chi connectivity index (χ2v) is 20.7. The lowest BCUT2D eigenvalue weighted by Gasteiger charge is -2.20. The summed E-state index contributed by atoms with van der Waals surface area (Å²) in [4.78, 5) is 24.5. The van der Waals surface area contributed by atoms with Gasteiger partial charge in [0.05, 0.1) is 25.4 Å². The second-order valence-electron chi connectivity index (χ2n) is 20.7. The predicted molar refractivity (Wildman–Crippen MR) is 301 cm³/mol. The lowest BCUT2D eigenvalue weighted by Crippen LogP contribution is -2.45. The summed E-state index contributed by atoms with van der Waals surface area (Å²) in [5.74, 6) is -0.118. The second kappa shape index (κ2) is 58.4. The molecule has 0 bridgehead atoms. The fraction of sp³-hybridized carbons (Fsp3) is 0.841. The van der Waals surface area contributed by atoms with Gasteiger partial charge >= 0.3 is 5.97 Å². The van der Waals surface area contributed by atoms with Crippen LogP contribution in [0.15, 0.2) is 48.6 Å². The molecule has 2 atom stereocenters. The molecule has 1 amide bonds. The number of nitrogens with one attached hydrogen (secondary N) is 1. The third-order valence-corrected chi connectivity index (χ3v) is 13.8. The normalized spacial score (nSPS) is 12.9. The molecule has 6 heteroatoms. The summed E-state index contributed by atoms with van der Waals surface area (Å²) in [6, 6.07) is -0.633. The van der Waals surface area contributed by atoms with Crippen molar-refractivity contribution in [2.45, 2.75) is 328 Å². The van der Waals surface area contributed by atoms with Crippen LogP contribution in [0.4, 0.5) is 0 Å². The van der Waals surface area contributed by atoms with Gasteiger partial charge in [0.25, 0.3) is 0 Å². The molecule has 0 aromatic heterocycles. The quantitative estimate of drug-likeness (QED) is 0.0321. The van der Waals surface area contributed by atoms with E-state index in [1.807, 2.05) is 6.08 Å². The van der Waals surface area contributed by atoms with Gasteiger partial charge in [-0.25, -0.2) is 0 Å². The van der Waals surface area contributed by atoms with Gasteiger partial charge in [-0.15, -0.1) is 0 Å². The molecule has 0 aliphatic heterocycles. The van der Waals surface area contributed by atoms with Crippen LogP contribution < -0.4 is 5.32 Å². The first kappa shape index (κ1) is 66.8. The highest BCUT2D eigenvalue weighted by Crippen LogP contribution is 2.17. The number of ether oxygens (including phenoxy) is 1. The Morgan fingerprint density at radius 3 is 1.14 bits per heavy atom. The summed E-state index contributed by atoms with van der Waals surface area (Å²) in [5, 5.41) is 23.2. The van der Waals surface area contributed by atoms with Gasteiger partial charge in [0.2, 0.25) is 5.91 Å². The highest BCUT2D eigenvalue weighted by Gasteiger charge is 2.18. The number of hydrogen-bond acceptors (Lipinski definition) is 5. The van der Waals surface area contributed by atoms with E-state index < -0.39 is 12.1 Å². The summed E-state index contributed by atoms with van der Waals surface area (Å²) in [6.07, 6.45) is 74.4. The monoisotopic (exact) mass is 968 g/mol. The standard InChI is InChI=1S/C63H117NO5/c1-3-5-7-9-11-13-15-17-18-19-23-26-29-32-35-39-43-47-51-55-61(66)60(59-65)64-62(67)56-52-48-44-40-36-33-30-27-24-21-20-22-25-28-31-34-38-42-46-50-54-58-69-63(68)57-53-49-45-41-37-16-14-12-10-8-6-4-2/h12,14,34,38,46,50-51,55,60-61,65-66H,3-11,13,15-33,35-37,39-45,47-49,52-54,56-59H2,1-2H3,(H,64,67)/b14-12-,38-34-,50-46-,55-51+. The molecule has 0 spiro atoms. The molecular weight excluding hydrogens is 851 g/mol. The van der Waals surface area contributed by atoms with Gasteiger partial charge in [0.15, 0.2) is 0 Å². The first-order chi connectivity index (χ1) is 34.0. The summed E-state index contributed by atoms with van der Waals surface area (Å²) in [7, 11) is 0. The van der Waals surface area contributed by atoms with Crippen molar-refractivity contribution in [2.75, 3.05) is 13.2 Å². The lowest BCUT2D eigenvalue weighted by molar-refractivity contribution is -0.143. The van der Waals surface area contributed by atoms with Gasteiger partial charge in [-0.3, -0.25) is 9.59 Å². The van der Waals surface area contributed by atoms with Crippen molar-refractivity contribution >= 4 is 11.9 Å². The molecule has 0 aliphatic rings. The molecule has 0 fully saturated rings. The van der Waals surface area contributed by atoms with Crippen molar-refractivity contribution in [3.05, 3.63) is 48.6 Å². The first-order valence-electron chi connectivity index (χ1n) is 30.4. The van der Waals surface area contributed by atoms with Crippen molar-refractivity contribution in [3.63, 3.8) is 0 Å². The molecule has 0 heterocycles. The SMILES string of the molecule is CCCCC/C=C\CCCCCCCC(=O)OCC/C=C\C/C=C\CCCCCCCCCCCCCCCCC(=O)NC(CO)C(O)/C=C/CCCCCCCCCCCCCCCCCCC. The van der Waals surface area contributed by atoms with Gasteiger partial charge in [-0.2, -0.15) is 0 Å². The Bertz CT molecular complexity index is 1160. The number of rotatable bonds is 56. The molecule has 0 aliphatic carbocycles. The topological polar surface area (TPSA) is 95.9 Å². The number of aliphatic hydroxyl groups is 2. The molecule has 2 unspecified atom stereocenters. The molecule has 404 valence electrons. The van der Waals surface area contributed by atoms with E-state index in [0.717, 1.165) is 51.4 Å². The van der Waals surface area contributed by atoms with E-state index in [-0.39, 0.29) is 18.5 Å². The maximum Gasteiger partial charge on any atom is 0.305 e. The summed E-state index contributed by atoms with van der Waals surface area (Å²) >= 11 is 0. The van der Waals surface area contributed by atoms with Crippen LogP contribution in [0.1, 0.15) is 316 Å². The smallest absolute Gasteiger partial charge is 0.305 e. The van der Waals surface area contributed by atoms with Crippen LogP contribution in [0.25, 0.3) is 0 Å². The Morgan fingerprint density at radius 2 is 0.725 bits per heavy atom. The fourth-order valence-electron chi connectivity index (χ4n) is 9.17. The van der Waals surface area contributed by atoms with Gasteiger partial charge in [0.1, 0.15) is 0 Å². The van der Waals surface area contributed by atoms with E-state index in [4.69, 9.17) is 4.74 Å². The minimum absolute atomic E-state index is 0.0462. The van der Waals surface area contributed by atoms with E-state index in [1.165, 1.54) is 238 Å². The number of unbranched alkanes of at least 4 members (excludes halogenated alkanes) is 39. The Morgan fingerprint density at radius 1 is 0.406 bits per heavy atom. The van der Waals surface area contributed by atoms with E-state index in [1.54, 1.807) is 6.08 Å². The number of esters is 1. The predicted octanol–water partition coefficient (Wildman–Crippen LogP) is 19.0. The van der Waals surface area contributed by atoms with Gasteiger partial charge < -0.3 is 20.3 Å². The van der Waals surface area contributed by atoms with Gasteiger partial charge in [-0.1, -0.05) is 274 Å². The van der Waals surface area contributed by atoms with Crippen molar-refractivity contribution in [1.82, 2.24) is 5.32 Å². The maximum absolute atomic E-state index is 12.5. The molecule has 0 aromatic rings. The number of allylic oxidation sites excluding steroid dienone is 6. The Hall–Kier alpha value is -2.18. The summed E-state index contributed by atoms with van der Waals surface area (Å²) in [6.45, 7) is 4.78. The first-order valence-corrected chi connectivity index (χ1v) is 30.4. The largest absolute Gasteiger partial charge is 0.465 e. The number of aliphatic hydroxyl groups excluding tert-OH is 2.